The summed E-state index contributed by atoms with van der Waals surface area (Å²) in [7, 11) is 0. The first-order chi connectivity index (χ1) is 9.36. The zero-order chi connectivity index (χ0) is 15.3. The van der Waals surface area contributed by atoms with E-state index in [2.05, 4.69) is 27.7 Å². The van der Waals surface area contributed by atoms with Gasteiger partial charge in [-0.25, -0.2) is 0 Å². The standard InChI is InChI=1S/C16H25NO3.ClH/c1-10(2)13-7-6-8-14(11(3)4)16(13)20-12(5)19-15(18)9-17;/h6-8,10-12H,9,17H2,1-5H3;1H. The molecule has 1 atom stereocenters. The molecule has 0 aromatic heterocycles. The van der Waals surface area contributed by atoms with Crippen LogP contribution < -0.4 is 10.5 Å². The van der Waals surface area contributed by atoms with Crippen LogP contribution in [0.2, 0.25) is 0 Å². The first-order valence-corrected chi connectivity index (χ1v) is 7.05. The number of para-hydroxylation sites is 1. The van der Waals surface area contributed by atoms with Crippen molar-refractivity contribution >= 4 is 18.4 Å². The number of carbonyl (C=O) groups is 1. The molecule has 21 heavy (non-hydrogen) atoms. The maximum atomic E-state index is 11.2. The Labute approximate surface area is 133 Å². The van der Waals surface area contributed by atoms with Crippen molar-refractivity contribution in [3.8, 4) is 5.75 Å². The number of benzene rings is 1. The number of carbonyl (C=O) groups excluding carboxylic acids is 1. The van der Waals surface area contributed by atoms with E-state index in [-0.39, 0.29) is 19.0 Å². The van der Waals surface area contributed by atoms with Crippen LogP contribution in [-0.4, -0.2) is 18.8 Å². The predicted octanol–water partition coefficient (Wildman–Crippen LogP) is 3.58. The lowest BCUT2D eigenvalue weighted by atomic mass is 9.94. The molecule has 0 spiro atoms. The van der Waals surface area contributed by atoms with Crippen LogP contribution in [0.3, 0.4) is 0 Å². The summed E-state index contributed by atoms with van der Waals surface area (Å²) < 4.78 is 11.0. The Morgan fingerprint density at radius 2 is 1.57 bits per heavy atom. The lowest BCUT2D eigenvalue weighted by Crippen LogP contribution is -2.26. The smallest absolute Gasteiger partial charge is 0.322 e. The van der Waals surface area contributed by atoms with E-state index >= 15 is 0 Å². The van der Waals surface area contributed by atoms with Gasteiger partial charge in [0.15, 0.2) is 0 Å². The number of halogens is 1. The molecular weight excluding hydrogens is 290 g/mol. The van der Waals surface area contributed by atoms with Gasteiger partial charge in [0.25, 0.3) is 0 Å². The summed E-state index contributed by atoms with van der Waals surface area (Å²) in [6.07, 6.45) is -0.650. The molecule has 120 valence electrons. The maximum Gasteiger partial charge on any atom is 0.322 e. The lowest BCUT2D eigenvalue weighted by molar-refractivity contribution is -0.159. The van der Waals surface area contributed by atoms with Crippen molar-refractivity contribution in [3.63, 3.8) is 0 Å². The van der Waals surface area contributed by atoms with Crippen molar-refractivity contribution in [1.82, 2.24) is 0 Å². The number of hydrogen-bond donors (Lipinski definition) is 1. The number of nitrogens with two attached hydrogens (primary N) is 1. The second-order valence-electron chi connectivity index (χ2n) is 5.45. The third-order valence-corrected chi connectivity index (χ3v) is 3.07. The van der Waals surface area contributed by atoms with Gasteiger partial charge in [0.05, 0.1) is 6.54 Å². The van der Waals surface area contributed by atoms with E-state index in [1.807, 2.05) is 18.2 Å². The summed E-state index contributed by atoms with van der Waals surface area (Å²) in [5, 5.41) is 0. The molecule has 1 rings (SSSR count). The predicted molar refractivity (Wildman–Crippen MR) is 87.1 cm³/mol. The normalized spacial score (nSPS) is 12.0. The molecular formula is C16H26ClNO3. The number of esters is 1. The Morgan fingerprint density at radius 1 is 1.10 bits per heavy atom. The summed E-state index contributed by atoms with van der Waals surface area (Å²) in [5.74, 6) is 1.02. The van der Waals surface area contributed by atoms with Crippen LogP contribution in [0.4, 0.5) is 0 Å². The van der Waals surface area contributed by atoms with Crippen molar-refractivity contribution in [3.05, 3.63) is 29.3 Å². The van der Waals surface area contributed by atoms with E-state index < -0.39 is 12.3 Å². The molecule has 1 unspecified atom stereocenters. The molecule has 0 heterocycles. The van der Waals surface area contributed by atoms with Crippen LogP contribution >= 0.6 is 12.4 Å². The van der Waals surface area contributed by atoms with Gasteiger partial charge in [-0.2, -0.15) is 0 Å². The van der Waals surface area contributed by atoms with Gasteiger partial charge in [-0.1, -0.05) is 45.9 Å². The molecule has 0 radical (unpaired) electrons. The van der Waals surface area contributed by atoms with E-state index in [1.165, 1.54) is 0 Å². The van der Waals surface area contributed by atoms with E-state index in [0.717, 1.165) is 16.9 Å². The first-order valence-electron chi connectivity index (χ1n) is 7.05. The average molecular weight is 316 g/mol. The minimum absolute atomic E-state index is 0. The van der Waals surface area contributed by atoms with Gasteiger partial charge in [-0.15, -0.1) is 12.4 Å². The summed E-state index contributed by atoms with van der Waals surface area (Å²) in [6.45, 7) is 10.0. The second-order valence-corrected chi connectivity index (χ2v) is 5.45. The van der Waals surface area contributed by atoms with Crippen molar-refractivity contribution in [1.29, 1.82) is 0 Å². The third-order valence-electron chi connectivity index (χ3n) is 3.07. The Balaban J connectivity index is 0.00000400. The van der Waals surface area contributed by atoms with E-state index in [0.29, 0.717) is 11.8 Å². The maximum absolute atomic E-state index is 11.2. The Bertz CT molecular complexity index is 435. The fourth-order valence-electron chi connectivity index (χ4n) is 2.04. The van der Waals surface area contributed by atoms with Crippen molar-refractivity contribution in [2.24, 2.45) is 5.73 Å². The van der Waals surface area contributed by atoms with Crippen LogP contribution in [-0.2, 0) is 9.53 Å². The Kier molecular flexibility index (Phi) is 8.37. The highest BCUT2D eigenvalue weighted by molar-refractivity contribution is 5.85. The molecule has 0 bridgehead atoms. The van der Waals surface area contributed by atoms with Gasteiger partial charge in [-0.3, -0.25) is 4.79 Å². The second kappa shape index (κ2) is 8.90. The molecule has 4 nitrogen and oxygen atoms in total. The molecule has 0 aliphatic carbocycles. The molecule has 1 aromatic carbocycles. The van der Waals surface area contributed by atoms with Crippen molar-refractivity contribution < 1.29 is 14.3 Å². The average Bonchev–Trinajstić information content (AvgIpc) is 2.37. The van der Waals surface area contributed by atoms with E-state index in [9.17, 15) is 4.79 Å². The number of hydrogen-bond acceptors (Lipinski definition) is 4. The fraction of sp³-hybridized carbons (Fsp3) is 0.562. The quantitative estimate of drug-likeness (QED) is 0.644. The summed E-state index contributed by atoms with van der Waals surface area (Å²) in [5.41, 5.74) is 7.47. The zero-order valence-corrected chi connectivity index (χ0v) is 14.2. The molecule has 0 aliphatic rings. The minimum atomic E-state index is -0.650. The third kappa shape index (κ3) is 5.56. The molecule has 2 N–H and O–H groups in total. The van der Waals surface area contributed by atoms with Gasteiger partial charge in [0, 0.05) is 6.92 Å². The van der Waals surface area contributed by atoms with E-state index in [1.54, 1.807) is 6.92 Å². The zero-order valence-electron chi connectivity index (χ0n) is 13.4. The van der Waals surface area contributed by atoms with Gasteiger partial charge in [0.1, 0.15) is 5.75 Å². The van der Waals surface area contributed by atoms with Crippen LogP contribution in [0, 0.1) is 0 Å². The van der Waals surface area contributed by atoms with Crippen molar-refractivity contribution in [2.75, 3.05) is 6.54 Å². The van der Waals surface area contributed by atoms with Crippen LogP contribution in [0.15, 0.2) is 18.2 Å². The van der Waals surface area contributed by atoms with E-state index in [4.69, 9.17) is 15.2 Å². The monoisotopic (exact) mass is 315 g/mol. The van der Waals surface area contributed by atoms with Gasteiger partial charge in [0.2, 0.25) is 6.29 Å². The van der Waals surface area contributed by atoms with Crippen molar-refractivity contribution in [2.45, 2.75) is 52.7 Å². The highest BCUT2D eigenvalue weighted by Gasteiger charge is 2.18. The highest BCUT2D eigenvalue weighted by Crippen LogP contribution is 2.35. The topological polar surface area (TPSA) is 61.5 Å². The summed E-state index contributed by atoms with van der Waals surface area (Å²) in [4.78, 5) is 11.2. The number of ether oxygens (including phenoxy) is 2. The Morgan fingerprint density at radius 3 is 1.95 bits per heavy atom. The molecule has 0 saturated carbocycles. The molecule has 1 aromatic rings. The molecule has 0 aliphatic heterocycles. The molecule has 5 heteroatoms. The minimum Gasteiger partial charge on any atom is -0.454 e. The summed E-state index contributed by atoms with van der Waals surface area (Å²) >= 11 is 0. The lowest BCUT2D eigenvalue weighted by Gasteiger charge is -2.23. The molecule has 0 saturated heterocycles. The van der Waals surface area contributed by atoms with Gasteiger partial charge < -0.3 is 15.2 Å². The van der Waals surface area contributed by atoms with Crippen LogP contribution in [0.5, 0.6) is 5.75 Å². The van der Waals surface area contributed by atoms with Crippen LogP contribution in [0.1, 0.15) is 57.6 Å². The molecule has 0 fully saturated rings. The number of rotatable bonds is 6. The Hall–Kier alpha value is -1.26. The largest absolute Gasteiger partial charge is 0.454 e. The van der Waals surface area contributed by atoms with Gasteiger partial charge >= 0.3 is 5.97 Å². The summed E-state index contributed by atoms with van der Waals surface area (Å²) in [6, 6.07) is 6.13. The highest BCUT2D eigenvalue weighted by atomic mass is 35.5. The SMILES string of the molecule is CC(OC(=O)CN)Oc1c(C(C)C)cccc1C(C)C.Cl. The fourth-order valence-corrected chi connectivity index (χ4v) is 2.04. The van der Waals surface area contributed by atoms with Gasteiger partial charge in [-0.05, 0) is 23.0 Å². The first kappa shape index (κ1) is 19.7. The molecule has 0 amide bonds. The van der Waals surface area contributed by atoms with Crippen LogP contribution in [0.25, 0.3) is 0 Å².